The van der Waals surface area contributed by atoms with Crippen molar-refractivity contribution < 1.29 is 13.2 Å². The Morgan fingerprint density at radius 3 is 2.65 bits per heavy atom. The summed E-state index contributed by atoms with van der Waals surface area (Å²) in [7, 11) is 1.33. The number of guanidine groups is 1. The second-order valence-electron chi connectivity index (χ2n) is 4.55. The molecule has 0 atom stereocenters. The molecule has 3 N–H and O–H groups in total. The van der Waals surface area contributed by atoms with Crippen molar-refractivity contribution >= 4 is 40.0 Å². The summed E-state index contributed by atoms with van der Waals surface area (Å²) in [5, 5.41) is 6.30. The number of hydrogen-bond acceptors (Lipinski definition) is 4. The van der Waals surface area contributed by atoms with Crippen molar-refractivity contribution in [1.29, 1.82) is 0 Å². The Hall–Kier alpha value is -0.910. The van der Waals surface area contributed by atoms with Crippen LogP contribution in [0.3, 0.4) is 0 Å². The van der Waals surface area contributed by atoms with Crippen molar-refractivity contribution in [3.8, 4) is 0 Å². The van der Waals surface area contributed by atoms with Gasteiger partial charge in [-0.25, -0.2) is 13.1 Å². The van der Waals surface area contributed by atoms with Crippen molar-refractivity contribution in [1.82, 2.24) is 15.4 Å². The average molecular weight is 456 g/mol. The van der Waals surface area contributed by atoms with E-state index in [0.29, 0.717) is 19.1 Å². The Morgan fingerprint density at radius 1 is 1.30 bits per heavy atom. The van der Waals surface area contributed by atoms with E-state index in [-0.39, 0.29) is 28.9 Å². The number of nitrogens with one attached hydrogen (secondary N) is 3. The number of sulfonamides is 1. The van der Waals surface area contributed by atoms with Gasteiger partial charge in [-0.15, -0.1) is 24.0 Å². The maximum Gasteiger partial charge on any atom is 0.240 e. The average Bonchev–Trinajstić information content (AvgIpc) is 2.54. The topological polar surface area (TPSA) is 91.8 Å². The summed E-state index contributed by atoms with van der Waals surface area (Å²) >= 11 is 0. The van der Waals surface area contributed by atoms with Crippen LogP contribution in [-0.2, 0) is 21.3 Å². The molecule has 132 valence electrons. The van der Waals surface area contributed by atoms with E-state index in [2.05, 4.69) is 20.3 Å². The lowest BCUT2D eigenvalue weighted by atomic mass is 10.2. The summed E-state index contributed by atoms with van der Waals surface area (Å²) in [6.45, 7) is 1.92. The number of halogens is 1. The first-order valence-corrected chi connectivity index (χ1v) is 8.47. The molecule has 0 spiro atoms. The molecule has 0 saturated heterocycles. The molecule has 1 aromatic rings. The maximum absolute atomic E-state index is 11.8. The minimum atomic E-state index is -3.42. The summed E-state index contributed by atoms with van der Waals surface area (Å²) < 4.78 is 30.8. The van der Waals surface area contributed by atoms with Crippen LogP contribution < -0.4 is 15.4 Å². The van der Waals surface area contributed by atoms with E-state index in [1.807, 2.05) is 6.07 Å². The number of methoxy groups -OCH3 is 1. The van der Waals surface area contributed by atoms with Gasteiger partial charge in [0.1, 0.15) is 0 Å². The van der Waals surface area contributed by atoms with E-state index >= 15 is 0 Å². The first-order valence-electron chi connectivity index (χ1n) is 6.99. The molecule has 1 rings (SSSR count). The number of nitrogens with zero attached hydrogens (tertiary/aromatic N) is 1. The van der Waals surface area contributed by atoms with Crippen LogP contribution >= 0.6 is 24.0 Å². The second-order valence-corrected chi connectivity index (χ2v) is 6.44. The molecule has 1 aromatic carbocycles. The molecular weight excluding hydrogens is 431 g/mol. The summed E-state index contributed by atoms with van der Waals surface area (Å²) in [5.74, 6) is 0.665. The van der Waals surface area contributed by atoms with E-state index in [1.54, 1.807) is 32.4 Å². The zero-order valence-electron chi connectivity index (χ0n) is 13.6. The van der Waals surface area contributed by atoms with Crippen LogP contribution in [0.15, 0.2) is 34.2 Å². The first-order chi connectivity index (χ1) is 10.5. The number of aliphatic imine (C=N–C) groups is 1. The quantitative estimate of drug-likeness (QED) is 0.234. The van der Waals surface area contributed by atoms with E-state index in [9.17, 15) is 8.42 Å². The van der Waals surface area contributed by atoms with Gasteiger partial charge in [-0.2, -0.15) is 0 Å². The highest BCUT2D eigenvalue weighted by Gasteiger charge is 2.11. The zero-order valence-corrected chi connectivity index (χ0v) is 16.8. The molecule has 0 heterocycles. The van der Waals surface area contributed by atoms with Gasteiger partial charge in [-0.05, 0) is 31.2 Å². The van der Waals surface area contributed by atoms with Crippen LogP contribution in [0.5, 0.6) is 0 Å². The number of ether oxygens (including phenoxy) is 1. The standard InChI is InChI=1S/C14H24N4O3S.HI/c1-15-14(17-8-5-9-21-3)18-11-12-6-4-7-13(10-12)22(19,20)16-2;/h4,6-7,10,16H,5,8-9,11H2,1-3H3,(H2,15,17,18);1H. The Balaban J connectivity index is 0.00000484. The van der Waals surface area contributed by atoms with E-state index < -0.39 is 10.0 Å². The molecule has 0 aliphatic rings. The largest absolute Gasteiger partial charge is 0.385 e. The monoisotopic (exact) mass is 456 g/mol. The lowest BCUT2D eigenvalue weighted by molar-refractivity contribution is 0.195. The fourth-order valence-corrected chi connectivity index (χ4v) is 2.57. The highest BCUT2D eigenvalue weighted by atomic mass is 127. The van der Waals surface area contributed by atoms with Gasteiger partial charge >= 0.3 is 0 Å². The zero-order chi connectivity index (χ0) is 16.4. The third-order valence-corrected chi connectivity index (χ3v) is 4.39. The number of benzene rings is 1. The van der Waals surface area contributed by atoms with Crippen molar-refractivity contribution in [2.24, 2.45) is 4.99 Å². The van der Waals surface area contributed by atoms with Crippen LogP contribution in [0.25, 0.3) is 0 Å². The summed E-state index contributed by atoms with van der Waals surface area (Å²) in [4.78, 5) is 4.36. The van der Waals surface area contributed by atoms with Crippen molar-refractivity contribution in [3.63, 3.8) is 0 Å². The molecule has 0 aliphatic heterocycles. The van der Waals surface area contributed by atoms with Crippen molar-refractivity contribution in [3.05, 3.63) is 29.8 Å². The normalized spacial score (nSPS) is 11.7. The Kier molecular flexibility index (Phi) is 11.1. The van der Waals surface area contributed by atoms with Gasteiger partial charge in [0, 0.05) is 33.9 Å². The van der Waals surface area contributed by atoms with Gasteiger partial charge in [-0.3, -0.25) is 4.99 Å². The molecule has 0 saturated carbocycles. The predicted octanol–water partition coefficient (Wildman–Crippen LogP) is 0.914. The van der Waals surface area contributed by atoms with Crippen LogP contribution in [0.4, 0.5) is 0 Å². The van der Waals surface area contributed by atoms with Crippen molar-refractivity contribution in [2.75, 3.05) is 34.4 Å². The molecule has 0 radical (unpaired) electrons. The number of rotatable bonds is 8. The molecule has 23 heavy (non-hydrogen) atoms. The van der Waals surface area contributed by atoms with Crippen LogP contribution in [-0.4, -0.2) is 48.7 Å². The fraction of sp³-hybridized carbons (Fsp3) is 0.500. The molecule has 0 fully saturated rings. The van der Waals surface area contributed by atoms with Crippen LogP contribution in [0.1, 0.15) is 12.0 Å². The van der Waals surface area contributed by atoms with Gasteiger partial charge in [0.05, 0.1) is 4.90 Å². The highest BCUT2D eigenvalue weighted by molar-refractivity contribution is 14.0. The van der Waals surface area contributed by atoms with Gasteiger partial charge in [0.2, 0.25) is 10.0 Å². The maximum atomic E-state index is 11.8. The predicted molar refractivity (Wildman–Crippen MR) is 103 cm³/mol. The van der Waals surface area contributed by atoms with E-state index in [4.69, 9.17) is 4.74 Å². The molecule has 0 aromatic heterocycles. The minimum Gasteiger partial charge on any atom is -0.385 e. The third kappa shape index (κ3) is 7.95. The molecular formula is C14H25IN4O3S. The van der Waals surface area contributed by atoms with Gasteiger partial charge in [0.15, 0.2) is 5.96 Å². The Morgan fingerprint density at radius 2 is 2.04 bits per heavy atom. The fourth-order valence-electron chi connectivity index (χ4n) is 1.77. The Labute approximate surface area is 155 Å². The first kappa shape index (κ1) is 22.1. The van der Waals surface area contributed by atoms with Crippen molar-refractivity contribution in [2.45, 2.75) is 17.9 Å². The minimum absolute atomic E-state index is 0. The number of hydrogen-bond donors (Lipinski definition) is 3. The molecule has 0 unspecified atom stereocenters. The molecule has 9 heteroatoms. The molecule has 7 nitrogen and oxygen atoms in total. The molecule has 0 bridgehead atoms. The lowest BCUT2D eigenvalue weighted by Crippen LogP contribution is -2.37. The molecule has 0 amide bonds. The third-order valence-electron chi connectivity index (χ3n) is 2.98. The SMILES string of the molecule is CN=C(NCCCOC)NCc1cccc(S(=O)(=O)NC)c1.I. The summed E-state index contributed by atoms with van der Waals surface area (Å²) in [5.41, 5.74) is 0.858. The van der Waals surface area contributed by atoms with E-state index in [1.165, 1.54) is 7.05 Å². The smallest absolute Gasteiger partial charge is 0.240 e. The van der Waals surface area contributed by atoms with Crippen LogP contribution in [0, 0.1) is 0 Å². The summed E-state index contributed by atoms with van der Waals surface area (Å²) in [6, 6.07) is 6.78. The summed E-state index contributed by atoms with van der Waals surface area (Å²) in [6.07, 6.45) is 0.882. The lowest BCUT2D eigenvalue weighted by Gasteiger charge is -2.12. The van der Waals surface area contributed by atoms with Gasteiger partial charge < -0.3 is 15.4 Å². The van der Waals surface area contributed by atoms with Gasteiger partial charge in [0.25, 0.3) is 0 Å². The van der Waals surface area contributed by atoms with Crippen LogP contribution in [0.2, 0.25) is 0 Å². The second kappa shape index (κ2) is 11.6. The Bertz CT molecular complexity index is 593. The van der Waals surface area contributed by atoms with Gasteiger partial charge in [-0.1, -0.05) is 12.1 Å². The highest BCUT2D eigenvalue weighted by Crippen LogP contribution is 2.10. The molecule has 0 aliphatic carbocycles. The van der Waals surface area contributed by atoms with E-state index in [0.717, 1.165) is 18.5 Å².